The fourth-order valence-corrected chi connectivity index (χ4v) is 4.96. The Hall–Kier alpha value is -2.16. The van der Waals surface area contributed by atoms with E-state index in [1.54, 1.807) is 11.8 Å². The molecule has 3 heterocycles. The number of thioether (sulfide) groups is 1. The molecule has 1 fully saturated rings. The highest BCUT2D eigenvalue weighted by Gasteiger charge is 2.22. The van der Waals surface area contributed by atoms with Crippen molar-refractivity contribution < 1.29 is 4.74 Å². The van der Waals surface area contributed by atoms with Crippen molar-refractivity contribution >= 4 is 11.8 Å². The van der Waals surface area contributed by atoms with Crippen molar-refractivity contribution in [1.82, 2.24) is 29.4 Å². The van der Waals surface area contributed by atoms with E-state index in [1.807, 2.05) is 17.9 Å². The Morgan fingerprint density at radius 2 is 2.00 bits per heavy atom. The molecule has 1 atom stereocenters. The van der Waals surface area contributed by atoms with Crippen LogP contribution in [-0.2, 0) is 37.2 Å². The SMILES string of the molecule is Cc1ccccc1CSc1nnc(CN(C)Cc2cnn(C)c2C)n1C[C@H]1CCCO1. The van der Waals surface area contributed by atoms with Crippen molar-refractivity contribution in [3.05, 3.63) is 58.7 Å². The lowest BCUT2D eigenvalue weighted by Gasteiger charge is -2.19. The first-order valence-electron chi connectivity index (χ1n) is 10.9. The van der Waals surface area contributed by atoms with Crippen LogP contribution in [0.3, 0.4) is 0 Å². The van der Waals surface area contributed by atoms with E-state index in [-0.39, 0.29) is 6.10 Å². The normalized spacial score (nSPS) is 16.5. The lowest BCUT2D eigenvalue weighted by atomic mass is 10.1. The maximum absolute atomic E-state index is 5.93. The van der Waals surface area contributed by atoms with Gasteiger partial charge < -0.3 is 9.30 Å². The van der Waals surface area contributed by atoms with Crippen molar-refractivity contribution in [2.75, 3.05) is 13.7 Å². The van der Waals surface area contributed by atoms with Gasteiger partial charge in [0.1, 0.15) is 5.82 Å². The van der Waals surface area contributed by atoms with E-state index >= 15 is 0 Å². The molecule has 31 heavy (non-hydrogen) atoms. The van der Waals surface area contributed by atoms with E-state index in [0.717, 1.165) is 55.8 Å². The van der Waals surface area contributed by atoms with Crippen LogP contribution >= 0.6 is 11.8 Å². The fraction of sp³-hybridized carbons (Fsp3) is 0.522. The highest BCUT2D eigenvalue weighted by molar-refractivity contribution is 7.98. The van der Waals surface area contributed by atoms with E-state index in [0.29, 0.717) is 0 Å². The Bertz CT molecular complexity index is 1010. The molecule has 3 aromatic rings. The van der Waals surface area contributed by atoms with Crippen LogP contribution in [-0.4, -0.2) is 49.2 Å². The maximum Gasteiger partial charge on any atom is 0.191 e. The molecule has 0 aliphatic carbocycles. The second kappa shape index (κ2) is 9.97. The minimum absolute atomic E-state index is 0.249. The highest BCUT2D eigenvalue weighted by Crippen LogP contribution is 2.26. The number of ether oxygens (including phenoxy) is 1. The number of hydrogen-bond donors (Lipinski definition) is 0. The van der Waals surface area contributed by atoms with Crippen LogP contribution in [0.5, 0.6) is 0 Å². The summed E-state index contributed by atoms with van der Waals surface area (Å²) in [5.41, 5.74) is 5.09. The quantitative estimate of drug-likeness (QED) is 0.473. The summed E-state index contributed by atoms with van der Waals surface area (Å²) in [5, 5.41) is 14.5. The molecular weight excluding hydrogens is 408 g/mol. The summed E-state index contributed by atoms with van der Waals surface area (Å²) in [4.78, 5) is 2.27. The molecule has 1 aliphatic rings. The van der Waals surface area contributed by atoms with Crippen LogP contribution in [0.25, 0.3) is 0 Å². The third-order valence-electron chi connectivity index (χ3n) is 6.01. The van der Waals surface area contributed by atoms with Crippen molar-refractivity contribution in [3.63, 3.8) is 0 Å². The van der Waals surface area contributed by atoms with Crippen LogP contribution in [0.4, 0.5) is 0 Å². The average molecular weight is 441 g/mol. The topological polar surface area (TPSA) is 61.0 Å². The fourth-order valence-electron chi connectivity index (χ4n) is 3.92. The van der Waals surface area contributed by atoms with Gasteiger partial charge in [-0.25, -0.2) is 0 Å². The summed E-state index contributed by atoms with van der Waals surface area (Å²) in [5.74, 6) is 1.88. The second-order valence-electron chi connectivity index (χ2n) is 8.41. The number of nitrogens with zero attached hydrogens (tertiary/aromatic N) is 6. The Kier molecular flexibility index (Phi) is 7.09. The zero-order valence-electron chi connectivity index (χ0n) is 18.9. The summed E-state index contributed by atoms with van der Waals surface area (Å²) >= 11 is 1.76. The third-order valence-corrected chi connectivity index (χ3v) is 7.03. The smallest absolute Gasteiger partial charge is 0.191 e. The zero-order valence-corrected chi connectivity index (χ0v) is 19.7. The summed E-state index contributed by atoms with van der Waals surface area (Å²) < 4.78 is 10.1. The lowest BCUT2D eigenvalue weighted by molar-refractivity contribution is 0.0934. The first-order chi connectivity index (χ1) is 15.0. The van der Waals surface area contributed by atoms with Crippen molar-refractivity contribution in [1.29, 1.82) is 0 Å². The number of aromatic nitrogens is 5. The van der Waals surface area contributed by atoms with Gasteiger partial charge in [0, 0.05) is 37.2 Å². The molecule has 7 nitrogen and oxygen atoms in total. The molecule has 4 rings (SSSR count). The summed E-state index contributed by atoms with van der Waals surface area (Å²) in [6.45, 7) is 7.51. The number of aryl methyl sites for hydroxylation is 2. The van der Waals surface area contributed by atoms with Gasteiger partial charge in [0.25, 0.3) is 0 Å². The minimum Gasteiger partial charge on any atom is -0.376 e. The summed E-state index contributed by atoms with van der Waals surface area (Å²) in [6.07, 6.45) is 4.43. The van der Waals surface area contributed by atoms with Gasteiger partial charge in [-0.2, -0.15) is 5.10 Å². The Labute approximate surface area is 188 Å². The number of rotatable bonds is 9. The Balaban J connectivity index is 1.49. The Morgan fingerprint density at radius 1 is 1.16 bits per heavy atom. The average Bonchev–Trinajstić information content (AvgIpc) is 3.47. The molecule has 1 aliphatic heterocycles. The summed E-state index contributed by atoms with van der Waals surface area (Å²) in [6, 6.07) is 8.53. The molecule has 0 bridgehead atoms. The van der Waals surface area contributed by atoms with E-state index in [2.05, 4.69) is 69.9 Å². The molecule has 1 aromatic carbocycles. The first kappa shape index (κ1) is 22.0. The molecule has 2 aromatic heterocycles. The third kappa shape index (κ3) is 5.37. The minimum atomic E-state index is 0.249. The molecule has 0 radical (unpaired) electrons. The maximum atomic E-state index is 5.93. The van der Waals surface area contributed by atoms with E-state index in [9.17, 15) is 0 Å². The standard InChI is InChI=1S/C23H32N6OS/c1-17-8-5-6-9-19(17)16-31-23-26-25-22(29(23)14-21-10-7-11-30-21)15-27(3)13-20-12-24-28(4)18(20)2/h5-6,8-9,12,21H,7,10-11,13-16H2,1-4H3/t21-/m1/s1. The van der Waals surface area contributed by atoms with Crippen LogP contribution in [0.15, 0.2) is 35.6 Å². The molecule has 0 amide bonds. The highest BCUT2D eigenvalue weighted by atomic mass is 32.2. The Morgan fingerprint density at radius 3 is 2.71 bits per heavy atom. The second-order valence-corrected chi connectivity index (χ2v) is 9.35. The molecule has 0 spiro atoms. The van der Waals surface area contributed by atoms with Crippen LogP contribution in [0.2, 0.25) is 0 Å². The van der Waals surface area contributed by atoms with Crippen LogP contribution in [0.1, 0.15) is 41.1 Å². The van der Waals surface area contributed by atoms with E-state index in [4.69, 9.17) is 4.74 Å². The predicted molar refractivity (Wildman–Crippen MR) is 123 cm³/mol. The molecule has 0 N–H and O–H groups in total. The summed E-state index contributed by atoms with van der Waals surface area (Å²) in [7, 11) is 4.10. The first-order valence-corrected chi connectivity index (χ1v) is 11.9. The number of hydrogen-bond acceptors (Lipinski definition) is 6. The van der Waals surface area contributed by atoms with Crippen LogP contribution < -0.4 is 0 Å². The monoisotopic (exact) mass is 440 g/mol. The van der Waals surface area contributed by atoms with Gasteiger partial charge in [-0.3, -0.25) is 9.58 Å². The van der Waals surface area contributed by atoms with Gasteiger partial charge in [-0.05, 0) is 44.9 Å². The molecule has 0 saturated carbocycles. The van der Waals surface area contributed by atoms with Crippen LogP contribution in [0, 0.1) is 13.8 Å². The molecular formula is C23H32N6OS. The van der Waals surface area contributed by atoms with Crippen molar-refractivity contribution in [2.24, 2.45) is 7.05 Å². The zero-order chi connectivity index (χ0) is 21.8. The number of benzene rings is 1. The molecule has 0 unspecified atom stereocenters. The predicted octanol–water partition coefficient (Wildman–Crippen LogP) is 3.73. The largest absolute Gasteiger partial charge is 0.376 e. The van der Waals surface area contributed by atoms with Gasteiger partial charge in [-0.15, -0.1) is 10.2 Å². The van der Waals surface area contributed by atoms with Gasteiger partial charge >= 0.3 is 0 Å². The van der Waals surface area contributed by atoms with Gasteiger partial charge in [0.15, 0.2) is 5.16 Å². The van der Waals surface area contributed by atoms with E-state index < -0.39 is 0 Å². The van der Waals surface area contributed by atoms with Gasteiger partial charge in [0.05, 0.1) is 25.4 Å². The molecule has 8 heteroatoms. The van der Waals surface area contributed by atoms with E-state index in [1.165, 1.54) is 22.4 Å². The van der Waals surface area contributed by atoms with Crippen molar-refractivity contribution in [2.45, 2.75) is 63.3 Å². The van der Waals surface area contributed by atoms with Crippen molar-refractivity contribution in [3.8, 4) is 0 Å². The van der Waals surface area contributed by atoms with Gasteiger partial charge in [-0.1, -0.05) is 36.0 Å². The molecule has 166 valence electrons. The molecule has 1 saturated heterocycles. The lowest BCUT2D eigenvalue weighted by Crippen LogP contribution is -2.23. The van der Waals surface area contributed by atoms with Gasteiger partial charge in [0.2, 0.25) is 0 Å².